The number of carbonyl (C=O) groups is 3. The van der Waals surface area contributed by atoms with Gasteiger partial charge in [0, 0.05) is 5.39 Å². The Hall–Kier alpha value is -3.30. The Morgan fingerprint density at radius 3 is 2.36 bits per heavy atom. The van der Waals surface area contributed by atoms with Crippen molar-refractivity contribution in [3.63, 3.8) is 0 Å². The van der Waals surface area contributed by atoms with Crippen molar-refractivity contribution in [1.29, 1.82) is 0 Å². The van der Waals surface area contributed by atoms with Crippen molar-refractivity contribution in [3.05, 3.63) is 64.6 Å². The number of hydrogen-bond acceptors (Lipinski definition) is 5. The second-order valence-corrected chi connectivity index (χ2v) is 9.23. The van der Waals surface area contributed by atoms with E-state index in [9.17, 15) is 18.8 Å². The molecule has 10 heteroatoms. The average Bonchev–Trinajstić information content (AvgIpc) is 3.11. The van der Waals surface area contributed by atoms with Crippen molar-refractivity contribution < 1.29 is 18.8 Å². The van der Waals surface area contributed by atoms with Gasteiger partial charge in [0.1, 0.15) is 11.9 Å². The zero-order valence-corrected chi connectivity index (χ0v) is 19.2. The van der Waals surface area contributed by atoms with E-state index >= 15 is 0 Å². The summed E-state index contributed by atoms with van der Waals surface area (Å²) in [5.74, 6) is -2.68. The minimum Gasteiger partial charge on any atom is -0.368 e. The molecule has 1 aromatic heterocycles. The third-order valence-electron chi connectivity index (χ3n) is 5.22. The molecule has 0 aliphatic heterocycles. The summed E-state index contributed by atoms with van der Waals surface area (Å²) in [6.45, 7) is 5.42. The van der Waals surface area contributed by atoms with E-state index < -0.39 is 35.1 Å². The van der Waals surface area contributed by atoms with Gasteiger partial charge in [-0.1, -0.05) is 56.6 Å². The monoisotopic (exact) mass is 473 g/mol. The maximum Gasteiger partial charge on any atom is 0.273 e. The van der Waals surface area contributed by atoms with Crippen LogP contribution in [0.15, 0.2) is 42.5 Å². The average molecular weight is 474 g/mol. The molecule has 8 nitrogen and oxygen atoms in total. The highest BCUT2D eigenvalue weighted by Gasteiger charge is 2.38. The molecule has 0 saturated heterocycles. The Kier molecular flexibility index (Phi) is 6.85. The molecule has 2 atom stereocenters. The third kappa shape index (κ3) is 5.20. The molecule has 2 amide bonds. The van der Waals surface area contributed by atoms with E-state index in [2.05, 4.69) is 10.4 Å². The van der Waals surface area contributed by atoms with E-state index in [0.29, 0.717) is 15.9 Å². The molecule has 0 aliphatic carbocycles. The molecule has 0 spiro atoms. The van der Waals surface area contributed by atoms with Gasteiger partial charge in [-0.15, -0.1) is 0 Å². The van der Waals surface area contributed by atoms with Gasteiger partial charge in [-0.25, -0.2) is 4.39 Å². The molecule has 33 heavy (non-hydrogen) atoms. The summed E-state index contributed by atoms with van der Waals surface area (Å²) in [7, 11) is 0. The number of hydrogen-bond donors (Lipinski definition) is 3. The Balaban J connectivity index is 2.01. The van der Waals surface area contributed by atoms with Gasteiger partial charge < -0.3 is 16.8 Å². The van der Waals surface area contributed by atoms with E-state index in [-0.39, 0.29) is 18.1 Å². The van der Waals surface area contributed by atoms with Gasteiger partial charge in [0.25, 0.3) is 5.91 Å². The Morgan fingerprint density at radius 1 is 1.15 bits per heavy atom. The zero-order valence-electron chi connectivity index (χ0n) is 18.4. The molecule has 0 saturated carbocycles. The number of Topliss-reactive ketones (excluding diaryl/α,β-unsaturated/α-hetero) is 1. The van der Waals surface area contributed by atoms with Crippen LogP contribution in [0.4, 0.5) is 4.39 Å². The summed E-state index contributed by atoms with van der Waals surface area (Å²) in [5, 5.41) is 7.94. The lowest BCUT2D eigenvalue weighted by Crippen LogP contribution is -2.57. The van der Waals surface area contributed by atoms with Crippen molar-refractivity contribution in [3.8, 4) is 0 Å². The van der Waals surface area contributed by atoms with Gasteiger partial charge >= 0.3 is 0 Å². The van der Waals surface area contributed by atoms with Crippen molar-refractivity contribution in [2.45, 2.75) is 39.4 Å². The van der Waals surface area contributed by atoms with Gasteiger partial charge in [-0.2, -0.15) is 5.10 Å². The minimum atomic E-state index is -1.56. The second-order valence-electron chi connectivity index (χ2n) is 8.82. The number of para-hydroxylation sites is 1. The molecule has 0 aliphatic rings. The van der Waals surface area contributed by atoms with E-state index in [0.717, 1.165) is 5.56 Å². The summed E-state index contributed by atoms with van der Waals surface area (Å²) < 4.78 is 14.8. The summed E-state index contributed by atoms with van der Waals surface area (Å²) in [5.41, 5.74) is 11.4. The molecular formula is C23H25ClFN5O3. The molecular weight excluding hydrogens is 449 g/mol. The van der Waals surface area contributed by atoms with Crippen molar-refractivity contribution >= 4 is 40.1 Å². The van der Waals surface area contributed by atoms with Crippen LogP contribution in [0, 0.1) is 11.2 Å². The van der Waals surface area contributed by atoms with Gasteiger partial charge in [-0.05, 0) is 29.2 Å². The number of nitrogens with one attached hydrogen (secondary N) is 1. The van der Waals surface area contributed by atoms with Gasteiger partial charge in [0.15, 0.2) is 11.5 Å². The fourth-order valence-electron chi connectivity index (χ4n) is 3.47. The Morgan fingerprint density at radius 2 is 1.79 bits per heavy atom. The molecule has 0 bridgehead atoms. The van der Waals surface area contributed by atoms with Gasteiger partial charge in [0.2, 0.25) is 5.91 Å². The fraction of sp³-hybridized carbons (Fsp3) is 0.304. The molecule has 0 radical (unpaired) electrons. The zero-order chi connectivity index (χ0) is 24.5. The first-order chi connectivity index (χ1) is 15.4. The van der Waals surface area contributed by atoms with E-state index in [4.69, 9.17) is 23.1 Å². The first-order valence-electron chi connectivity index (χ1n) is 10.2. The number of halogens is 2. The quantitative estimate of drug-likeness (QED) is 0.453. The highest BCUT2D eigenvalue weighted by atomic mass is 35.5. The molecule has 1 unspecified atom stereocenters. The number of aromatic nitrogens is 2. The molecule has 2 aromatic carbocycles. The number of benzene rings is 2. The number of fused-ring (bicyclic) bond motifs is 1. The second kappa shape index (κ2) is 9.29. The van der Waals surface area contributed by atoms with Crippen LogP contribution in [0.25, 0.3) is 10.9 Å². The standard InChI is InChI=1S/C23H25ClFN5O3/c1-23(2,3)20(19(31)16(26)21(27)32)28-22(33)17-14-5-4-6-15(24)18(14)30(29-17)11-12-7-9-13(25)10-8-12/h4-10,16,20H,11,26H2,1-3H3,(H2,27,32)(H,28,33)/t16?,20-/m1/s1. The van der Waals surface area contributed by atoms with Gasteiger partial charge in [0.05, 0.1) is 23.1 Å². The van der Waals surface area contributed by atoms with Gasteiger partial charge in [-0.3, -0.25) is 19.1 Å². The normalized spacial score (nSPS) is 13.5. The lowest BCUT2D eigenvalue weighted by Gasteiger charge is -2.31. The number of primary amides is 1. The predicted molar refractivity (Wildman–Crippen MR) is 123 cm³/mol. The van der Waals surface area contributed by atoms with E-state index in [1.807, 2.05) is 0 Å². The Labute approximate surface area is 195 Å². The lowest BCUT2D eigenvalue weighted by atomic mass is 9.82. The first kappa shape index (κ1) is 24.3. The van der Waals surface area contributed by atoms with Crippen LogP contribution in [0.2, 0.25) is 5.02 Å². The first-order valence-corrected chi connectivity index (χ1v) is 10.6. The molecule has 5 N–H and O–H groups in total. The molecule has 3 rings (SSSR count). The summed E-state index contributed by atoms with van der Waals surface area (Å²) in [6, 6.07) is 8.27. The maximum atomic E-state index is 13.3. The van der Waals surface area contributed by atoms with Crippen molar-refractivity contribution in [1.82, 2.24) is 15.1 Å². The Bertz CT molecular complexity index is 1220. The van der Waals surface area contributed by atoms with Crippen LogP contribution in [0.5, 0.6) is 0 Å². The largest absolute Gasteiger partial charge is 0.368 e. The SMILES string of the molecule is CC(C)(C)[C@H](NC(=O)c1nn(Cc2ccc(F)cc2)c2c(Cl)cccc12)C(=O)C(N)C(N)=O. The van der Waals surface area contributed by atoms with E-state index in [1.54, 1.807) is 55.8 Å². The predicted octanol–water partition coefficient (Wildman–Crippen LogP) is 2.40. The minimum absolute atomic E-state index is 0.0457. The number of nitrogens with zero attached hydrogens (tertiary/aromatic N) is 2. The highest BCUT2D eigenvalue weighted by molar-refractivity contribution is 6.35. The molecule has 0 fully saturated rings. The van der Waals surface area contributed by atoms with E-state index in [1.165, 1.54) is 12.1 Å². The van der Waals surface area contributed by atoms with Crippen LogP contribution < -0.4 is 16.8 Å². The van der Waals surface area contributed by atoms with Crippen LogP contribution in [0.1, 0.15) is 36.8 Å². The number of carbonyl (C=O) groups excluding carboxylic acids is 3. The molecule has 174 valence electrons. The van der Waals surface area contributed by atoms with Crippen LogP contribution in [0.3, 0.4) is 0 Å². The number of rotatable bonds is 7. The number of nitrogens with two attached hydrogens (primary N) is 2. The number of amides is 2. The third-order valence-corrected chi connectivity index (χ3v) is 5.53. The fourth-order valence-corrected chi connectivity index (χ4v) is 3.74. The summed E-state index contributed by atoms with van der Waals surface area (Å²) in [4.78, 5) is 37.5. The van der Waals surface area contributed by atoms with Crippen molar-refractivity contribution in [2.24, 2.45) is 16.9 Å². The maximum absolute atomic E-state index is 13.3. The van der Waals surface area contributed by atoms with Crippen molar-refractivity contribution in [2.75, 3.05) is 0 Å². The lowest BCUT2D eigenvalue weighted by molar-refractivity contribution is -0.131. The number of ketones is 1. The summed E-state index contributed by atoms with van der Waals surface area (Å²) >= 11 is 6.40. The van der Waals surface area contributed by atoms with Crippen LogP contribution >= 0.6 is 11.6 Å². The topological polar surface area (TPSA) is 133 Å². The summed E-state index contributed by atoms with van der Waals surface area (Å²) in [6.07, 6.45) is 0. The van der Waals surface area contributed by atoms with Crippen LogP contribution in [-0.2, 0) is 16.1 Å². The highest BCUT2D eigenvalue weighted by Crippen LogP contribution is 2.28. The molecule has 3 aromatic rings. The smallest absolute Gasteiger partial charge is 0.273 e. The molecule has 1 heterocycles. The van der Waals surface area contributed by atoms with Crippen LogP contribution in [-0.4, -0.2) is 39.5 Å².